The third-order valence-corrected chi connectivity index (χ3v) is 9.56. The molecule has 3 aromatic rings. The van der Waals surface area contributed by atoms with Gasteiger partial charge < -0.3 is 24.8 Å². The Balaban J connectivity index is 0.00000204. The van der Waals surface area contributed by atoms with E-state index >= 15 is 0 Å². The highest BCUT2D eigenvalue weighted by molar-refractivity contribution is 5.88. The number of nitrogens with one attached hydrogen (secondary N) is 2. The topological polar surface area (TPSA) is 94.7 Å². The van der Waals surface area contributed by atoms with Gasteiger partial charge in [-0.2, -0.15) is 0 Å². The summed E-state index contributed by atoms with van der Waals surface area (Å²) in [6, 6.07) is 13.3. The molecule has 9 heteroatoms. The van der Waals surface area contributed by atoms with E-state index < -0.39 is 17.7 Å². The number of hydrogen-bond donors (Lipinski definition) is 2. The summed E-state index contributed by atoms with van der Waals surface area (Å²) in [6.45, 7) is 10.4. The third-order valence-electron chi connectivity index (χ3n) is 9.56. The Labute approximate surface area is 272 Å². The number of amides is 3. The Morgan fingerprint density at radius 1 is 1.00 bits per heavy atom. The fourth-order valence-corrected chi connectivity index (χ4v) is 7.67. The summed E-state index contributed by atoms with van der Waals surface area (Å²) in [5, 5.41) is 3.86. The highest BCUT2D eigenvalue weighted by Gasteiger charge is 2.53. The van der Waals surface area contributed by atoms with Crippen LogP contribution in [-0.4, -0.2) is 69.5 Å². The Morgan fingerprint density at radius 2 is 1.72 bits per heavy atom. The van der Waals surface area contributed by atoms with Gasteiger partial charge in [0, 0.05) is 36.1 Å². The van der Waals surface area contributed by atoms with Crippen LogP contribution in [-0.2, 0) is 20.7 Å². The quantitative estimate of drug-likeness (QED) is 0.308. The molecular weight excluding hydrogens is 583 g/mol. The number of likely N-dealkylation sites (tertiary alicyclic amines) is 2. The number of hydrogen-bond acceptors (Lipinski definition) is 4. The summed E-state index contributed by atoms with van der Waals surface area (Å²) in [5.74, 6) is -0.544. The fourth-order valence-electron chi connectivity index (χ4n) is 7.67. The number of aromatic nitrogens is 1. The van der Waals surface area contributed by atoms with Crippen molar-refractivity contribution in [2.75, 3.05) is 13.1 Å². The SMILES string of the molecule is CC.CC(C)(C)OC(=O)NC(C(=O)N1CCC2C1[C@@H](c1c[nH]c3cc(F)ccc13)CN2C(=O)Cc1ccccc1)C1CCCCC1. The zero-order valence-corrected chi connectivity index (χ0v) is 27.9. The highest BCUT2D eigenvalue weighted by atomic mass is 19.1. The molecule has 1 aromatic heterocycles. The maximum absolute atomic E-state index is 14.6. The Bertz CT molecular complexity index is 1510. The van der Waals surface area contributed by atoms with Gasteiger partial charge in [-0.15, -0.1) is 0 Å². The number of nitrogens with zero attached hydrogens (tertiary/aromatic N) is 2. The van der Waals surface area contributed by atoms with Crippen molar-refractivity contribution >= 4 is 28.8 Å². The van der Waals surface area contributed by atoms with Crippen molar-refractivity contribution in [2.45, 2.75) is 109 Å². The van der Waals surface area contributed by atoms with Gasteiger partial charge >= 0.3 is 6.09 Å². The summed E-state index contributed by atoms with van der Waals surface area (Å²) < 4.78 is 19.7. The minimum Gasteiger partial charge on any atom is -0.444 e. The van der Waals surface area contributed by atoms with Crippen molar-refractivity contribution in [3.63, 3.8) is 0 Å². The molecule has 2 saturated heterocycles. The van der Waals surface area contributed by atoms with E-state index in [-0.39, 0.29) is 48.0 Å². The molecule has 3 unspecified atom stereocenters. The minimum atomic E-state index is -0.698. The predicted molar refractivity (Wildman–Crippen MR) is 178 cm³/mol. The molecule has 4 atom stereocenters. The third kappa shape index (κ3) is 7.24. The van der Waals surface area contributed by atoms with Gasteiger partial charge in [0.05, 0.1) is 18.5 Å². The number of ether oxygens (including phenoxy) is 1. The van der Waals surface area contributed by atoms with E-state index in [1.54, 1.807) is 6.07 Å². The van der Waals surface area contributed by atoms with E-state index in [0.717, 1.165) is 48.6 Å². The van der Waals surface area contributed by atoms with Gasteiger partial charge in [-0.3, -0.25) is 9.59 Å². The highest BCUT2D eigenvalue weighted by Crippen LogP contribution is 2.44. The van der Waals surface area contributed by atoms with E-state index in [1.807, 2.05) is 80.9 Å². The van der Waals surface area contributed by atoms with Crippen LogP contribution in [0.1, 0.15) is 90.2 Å². The lowest BCUT2D eigenvalue weighted by molar-refractivity contribution is -0.137. The van der Waals surface area contributed by atoms with Crippen molar-refractivity contribution in [2.24, 2.45) is 5.92 Å². The lowest BCUT2D eigenvalue weighted by Crippen LogP contribution is -2.55. The Kier molecular flexibility index (Phi) is 10.4. The molecule has 3 fully saturated rings. The van der Waals surface area contributed by atoms with Gasteiger partial charge in [0.15, 0.2) is 0 Å². The molecule has 1 saturated carbocycles. The van der Waals surface area contributed by atoms with Crippen LogP contribution < -0.4 is 5.32 Å². The standard InChI is InChI=1S/C35H43FN4O4.C2H6/c1-35(2,3)44-34(43)38-31(23-12-8-5-9-13-23)33(42)39-17-16-29-32(39)27(26-20-37-28-19-24(36)14-15-25(26)28)21-40(29)30(41)18-22-10-6-4-7-11-22;1-2/h4,6-7,10-11,14-15,19-20,23,27,29,31-32,37H,5,8-9,12-13,16-18,21H2,1-3H3,(H,38,43);1-2H3/t27-,29?,31?,32?;/m1./s1. The summed E-state index contributed by atoms with van der Waals surface area (Å²) in [6.07, 6.45) is 7.16. The van der Waals surface area contributed by atoms with Gasteiger partial charge in [0.25, 0.3) is 0 Å². The monoisotopic (exact) mass is 632 g/mol. The van der Waals surface area contributed by atoms with Gasteiger partial charge in [0.1, 0.15) is 17.5 Å². The summed E-state index contributed by atoms with van der Waals surface area (Å²) in [7, 11) is 0. The van der Waals surface area contributed by atoms with Crippen LogP contribution in [0.3, 0.4) is 0 Å². The maximum atomic E-state index is 14.6. The van der Waals surface area contributed by atoms with E-state index in [9.17, 15) is 18.8 Å². The van der Waals surface area contributed by atoms with E-state index in [0.29, 0.717) is 25.0 Å². The molecule has 3 aliphatic rings. The minimum absolute atomic E-state index is 0.0227. The lowest BCUT2D eigenvalue weighted by atomic mass is 9.83. The zero-order chi connectivity index (χ0) is 33.0. The molecule has 248 valence electrons. The van der Waals surface area contributed by atoms with Crippen LogP contribution in [0, 0.1) is 11.7 Å². The number of halogens is 1. The average Bonchev–Trinajstić information content (AvgIpc) is 3.75. The van der Waals surface area contributed by atoms with Crippen molar-refractivity contribution in [1.29, 1.82) is 0 Å². The number of aromatic amines is 1. The Hall–Kier alpha value is -3.88. The number of carbonyl (C=O) groups is 3. The zero-order valence-electron chi connectivity index (χ0n) is 27.9. The predicted octanol–water partition coefficient (Wildman–Crippen LogP) is 6.94. The molecular formula is C37H49FN4O4. The Morgan fingerprint density at radius 3 is 2.41 bits per heavy atom. The van der Waals surface area contributed by atoms with E-state index in [2.05, 4.69) is 10.3 Å². The van der Waals surface area contributed by atoms with Crippen molar-refractivity contribution < 1.29 is 23.5 Å². The number of carbonyl (C=O) groups excluding carboxylic acids is 3. The van der Waals surface area contributed by atoms with Crippen LogP contribution in [0.15, 0.2) is 54.7 Å². The smallest absolute Gasteiger partial charge is 0.408 e. The molecule has 6 rings (SSSR count). The molecule has 0 bridgehead atoms. The van der Waals surface area contributed by atoms with Gasteiger partial charge in [-0.05, 0) is 75.3 Å². The van der Waals surface area contributed by atoms with Crippen LogP contribution in [0.4, 0.5) is 9.18 Å². The first-order valence-corrected chi connectivity index (χ1v) is 17.0. The largest absolute Gasteiger partial charge is 0.444 e. The summed E-state index contributed by atoms with van der Waals surface area (Å²) >= 11 is 0. The van der Waals surface area contributed by atoms with Gasteiger partial charge in [-0.25, -0.2) is 9.18 Å². The molecule has 0 spiro atoms. The second-order valence-corrected chi connectivity index (χ2v) is 13.6. The number of H-pyrrole nitrogens is 1. The molecule has 8 nitrogen and oxygen atoms in total. The second-order valence-electron chi connectivity index (χ2n) is 13.6. The number of benzene rings is 2. The van der Waals surface area contributed by atoms with Crippen molar-refractivity contribution in [3.8, 4) is 0 Å². The number of alkyl carbamates (subject to hydrolysis) is 1. The molecule has 2 aromatic carbocycles. The molecule has 1 aliphatic carbocycles. The first kappa shape index (κ1) is 33.5. The van der Waals surface area contributed by atoms with Crippen molar-refractivity contribution in [1.82, 2.24) is 20.1 Å². The van der Waals surface area contributed by atoms with Crippen LogP contribution in [0.2, 0.25) is 0 Å². The summed E-state index contributed by atoms with van der Waals surface area (Å²) in [5.41, 5.74) is 1.92. The normalized spacial score (nSPS) is 22.2. The molecule has 3 heterocycles. The lowest BCUT2D eigenvalue weighted by Gasteiger charge is -2.36. The molecule has 2 aliphatic heterocycles. The molecule has 2 N–H and O–H groups in total. The molecule has 0 radical (unpaired) electrons. The first-order chi connectivity index (χ1) is 22.1. The second kappa shape index (κ2) is 14.3. The van der Waals surface area contributed by atoms with E-state index in [4.69, 9.17) is 4.74 Å². The van der Waals surface area contributed by atoms with Crippen LogP contribution >= 0.6 is 0 Å². The molecule has 3 amide bonds. The summed E-state index contributed by atoms with van der Waals surface area (Å²) in [4.78, 5) is 48.5. The average molecular weight is 633 g/mol. The number of rotatable bonds is 6. The maximum Gasteiger partial charge on any atom is 0.408 e. The number of fused-ring (bicyclic) bond motifs is 2. The van der Waals surface area contributed by atoms with Crippen LogP contribution in [0.25, 0.3) is 10.9 Å². The van der Waals surface area contributed by atoms with E-state index in [1.165, 1.54) is 12.1 Å². The van der Waals surface area contributed by atoms with Gasteiger partial charge in [0.2, 0.25) is 11.8 Å². The fraction of sp³-hybridized carbons (Fsp3) is 0.541. The first-order valence-electron chi connectivity index (χ1n) is 17.0. The van der Waals surface area contributed by atoms with Crippen LogP contribution in [0.5, 0.6) is 0 Å². The van der Waals surface area contributed by atoms with Gasteiger partial charge in [-0.1, -0.05) is 63.4 Å². The van der Waals surface area contributed by atoms with Crippen molar-refractivity contribution in [3.05, 3.63) is 71.7 Å². The molecule has 46 heavy (non-hydrogen) atoms.